The highest BCUT2D eigenvalue weighted by atomic mass is 16.6. The number of rotatable bonds is 5. The molecule has 0 aromatic carbocycles. The summed E-state index contributed by atoms with van der Waals surface area (Å²) in [5.41, 5.74) is -0.751. The van der Waals surface area contributed by atoms with Crippen molar-refractivity contribution in [1.82, 2.24) is 16.0 Å². The average molecular weight is 287 g/mol. The molecule has 0 aliphatic carbocycles. The summed E-state index contributed by atoms with van der Waals surface area (Å²) in [4.78, 5) is 23.2. The van der Waals surface area contributed by atoms with Crippen molar-refractivity contribution in [2.75, 3.05) is 13.1 Å². The lowest BCUT2D eigenvalue weighted by atomic mass is 10.1. The van der Waals surface area contributed by atoms with Crippen LogP contribution in [0.4, 0.5) is 4.79 Å². The van der Waals surface area contributed by atoms with Crippen LogP contribution >= 0.6 is 0 Å². The van der Waals surface area contributed by atoms with Gasteiger partial charge in [0.1, 0.15) is 5.60 Å². The second-order valence-corrected chi connectivity index (χ2v) is 6.84. The molecule has 0 rings (SSSR count). The predicted octanol–water partition coefficient (Wildman–Crippen LogP) is 1.40. The Morgan fingerprint density at radius 1 is 1.05 bits per heavy atom. The Morgan fingerprint density at radius 3 is 2.05 bits per heavy atom. The Labute approximate surface area is 122 Å². The van der Waals surface area contributed by atoms with Crippen LogP contribution in [0.2, 0.25) is 0 Å². The molecule has 3 N–H and O–H groups in total. The molecule has 0 saturated carbocycles. The van der Waals surface area contributed by atoms with Gasteiger partial charge >= 0.3 is 6.09 Å². The lowest BCUT2D eigenvalue weighted by molar-refractivity contribution is -0.124. The summed E-state index contributed by atoms with van der Waals surface area (Å²) in [5, 5.41) is 8.55. The first-order chi connectivity index (χ1) is 8.91. The Morgan fingerprint density at radius 2 is 1.60 bits per heavy atom. The maximum atomic E-state index is 11.8. The van der Waals surface area contributed by atoms with Gasteiger partial charge in [0.05, 0.1) is 6.04 Å². The zero-order valence-electron chi connectivity index (χ0n) is 13.7. The molecule has 1 atom stereocenters. The molecule has 6 nitrogen and oxygen atoms in total. The van der Waals surface area contributed by atoms with Gasteiger partial charge in [0, 0.05) is 18.6 Å². The van der Waals surface area contributed by atoms with Crippen molar-refractivity contribution in [3.63, 3.8) is 0 Å². The molecule has 0 aliphatic rings. The molecule has 0 saturated heterocycles. The zero-order chi connectivity index (χ0) is 16.0. The third-order valence-corrected chi connectivity index (χ3v) is 2.14. The maximum Gasteiger partial charge on any atom is 0.407 e. The Balaban J connectivity index is 3.85. The molecule has 0 aliphatic heterocycles. The fraction of sp³-hybridized carbons (Fsp3) is 0.857. The van der Waals surface area contributed by atoms with Crippen LogP contribution in [-0.2, 0) is 9.53 Å². The van der Waals surface area contributed by atoms with Gasteiger partial charge in [0.15, 0.2) is 0 Å². The van der Waals surface area contributed by atoms with Crippen LogP contribution in [0, 0.1) is 0 Å². The number of hydrogen-bond donors (Lipinski definition) is 3. The second kappa shape index (κ2) is 7.47. The van der Waals surface area contributed by atoms with Crippen LogP contribution in [0.25, 0.3) is 0 Å². The molecular weight excluding hydrogens is 258 g/mol. The van der Waals surface area contributed by atoms with Gasteiger partial charge in [-0.2, -0.15) is 0 Å². The summed E-state index contributed by atoms with van der Waals surface area (Å²) in [6.45, 7) is 13.9. The van der Waals surface area contributed by atoms with E-state index in [-0.39, 0.29) is 17.5 Å². The molecule has 118 valence electrons. The summed E-state index contributed by atoms with van der Waals surface area (Å²) in [5.74, 6) is -0.0604. The topological polar surface area (TPSA) is 79.5 Å². The average Bonchev–Trinajstić information content (AvgIpc) is 2.18. The van der Waals surface area contributed by atoms with Crippen LogP contribution in [0.3, 0.4) is 0 Å². The van der Waals surface area contributed by atoms with E-state index in [2.05, 4.69) is 16.0 Å². The largest absolute Gasteiger partial charge is 0.444 e. The van der Waals surface area contributed by atoms with E-state index in [9.17, 15) is 9.59 Å². The van der Waals surface area contributed by atoms with Crippen molar-refractivity contribution in [3.05, 3.63) is 0 Å². The zero-order valence-corrected chi connectivity index (χ0v) is 13.7. The Hall–Kier alpha value is -1.30. The number of carbonyl (C=O) groups is 2. The van der Waals surface area contributed by atoms with Crippen LogP contribution < -0.4 is 16.0 Å². The van der Waals surface area contributed by atoms with E-state index in [1.54, 1.807) is 6.92 Å². The monoisotopic (exact) mass is 287 g/mol. The molecule has 20 heavy (non-hydrogen) atoms. The lowest BCUT2D eigenvalue weighted by Gasteiger charge is -2.24. The Kier molecular flexibility index (Phi) is 6.99. The number of nitrogens with one attached hydrogen (secondary N) is 3. The van der Waals surface area contributed by atoms with E-state index in [0.717, 1.165) is 0 Å². The summed E-state index contributed by atoms with van der Waals surface area (Å²) >= 11 is 0. The normalized spacial score (nSPS) is 13.6. The van der Waals surface area contributed by atoms with E-state index in [1.165, 1.54) is 0 Å². The van der Waals surface area contributed by atoms with Gasteiger partial charge in [-0.25, -0.2) is 4.79 Å². The van der Waals surface area contributed by atoms with Gasteiger partial charge in [-0.15, -0.1) is 0 Å². The molecule has 0 fully saturated rings. The third-order valence-electron chi connectivity index (χ3n) is 2.14. The van der Waals surface area contributed by atoms with E-state index in [4.69, 9.17) is 4.74 Å². The molecular formula is C14H29N3O3. The highest BCUT2D eigenvalue weighted by Crippen LogP contribution is 2.06. The molecule has 0 spiro atoms. The summed E-state index contributed by atoms with van der Waals surface area (Å²) < 4.78 is 5.10. The van der Waals surface area contributed by atoms with Crippen molar-refractivity contribution in [3.8, 4) is 0 Å². The van der Waals surface area contributed by atoms with E-state index in [1.807, 2.05) is 41.5 Å². The second-order valence-electron chi connectivity index (χ2n) is 6.84. The van der Waals surface area contributed by atoms with Gasteiger partial charge < -0.3 is 20.7 Å². The van der Waals surface area contributed by atoms with E-state index >= 15 is 0 Å². The molecule has 0 bridgehead atoms. The first kappa shape index (κ1) is 18.7. The standard InChI is InChI=1S/C14H29N3O3/c1-10(11(18)17-13(2,3)4)15-8-9-16-12(19)20-14(5,6)7/h10,15H,8-9H2,1-7H3,(H,16,19)(H,17,18). The first-order valence-corrected chi connectivity index (χ1v) is 6.93. The van der Waals surface area contributed by atoms with Gasteiger partial charge in [0.2, 0.25) is 5.91 Å². The van der Waals surface area contributed by atoms with Crippen LogP contribution in [0.5, 0.6) is 0 Å². The predicted molar refractivity (Wildman–Crippen MR) is 79.6 cm³/mol. The fourth-order valence-electron chi connectivity index (χ4n) is 1.34. The maximum absolute atomic E-state index is 11.8. The summed E-state index contributed by atoms with van der Waals surface area (Å²) in [6.07, 6.45) is -0.453. The molecule has 0 aromatic rings. The van der Waals surface area contributed by atoms with Crippen molar-refractivity contribution < 1.29 is 14.3 Å². The van der Waals surface area contributed by atoms with Crippen molar-refractivity contribution in [1.29, 1.82) is 0 Å². The van der Waals surface area contributed by atoms with Gasteiger partial charge in [0.25, 0.3) is 0 Å². The number of carbonyl (C=O) groups excluding carboxylic acids is 2. The number of amides is 2. The van der Waals surface area contributed by atoms with Gasteiger partial charge in [-0.1, -0.05) is 0 Å². The third kappa shape index (κ3) is 10.6. The SMILES string of the molecule is CC(NCCNC(=O)OC(C)(C)C)C(=O)NC(C)(C)C. The molecule has 1 unspecified atom stereocenters. The van der Waals surface area contributed by atoms with E-state index in [0.29, 0.717) is 13.1 Å². The molecule has 2 amide bonds. The smallest absolute Gasteiger partial charge is 0.407 e. The number of alkyl carbamates (subject to hydrolysis) is 1. The summed E-state index contributed by atoms with van der Waals surface area (Å²) in [6, 6.07) is -0.310. The van der Waals surface area contributed by atoms with E-state index < -0.39 is 11.7 Å². The molecule has 0 heterocycles. The Bertz CT molecular complexity index is 330. The molecule has 6 heteroatoms. The van der Waals surface area contributed by atoms with Crippen molar-refractivity contribution in [2.24, 2.45) is 0 Å². The minimum atomic E-state index is -0.503. The van der Waals surface area contributed by atoms with Crippen molar-refractivity contribution >= 4 is 12.0 Å². The highest BCUT2D eigenvalue weighted by molar-refractivity contribution is 5.81. The van der Waals surface area contributed by atoms with Crippen LogP contribution in [0.1, 0.15) is 48.5 Å². The highest BCUT2D eigenvalue weighted by Gasteiger charge is 2.19. The lowest BCUT2D eigenvalue weighted by Crippen LogP contribution is -2.50. The molecule has 0 radical (unpaired) electrons. The van der Waals surface area contributed by atoms with Crippen LogP contribution in [0.15, 0.2) is 0 Å². The van der Waals surface area contributed by atoms with Crippen LogP contribution in [-0.4, -0.2) is 42.3 Å². The minimum absolute atomic E-state index is 0.0604. The number of ether oxygens (including phenoxy) is 1. The summed E-state index contributed by atoms with van der Waals surface area (Å²) in [7, 11) is 0. The molecule has 0 aromatic heterocycles. The first-order valence-electron chi connectivity index (χ1n) is 6.93. The van der Waals surface area contributed by atoms with Gasteiger partial charge in [-0.05, 0) is 48.5 Å². The minimum Gasteiger partial charge on any atom is -0.444 e. The number of hydrogen-bond acceptors (Lipinski definition) is 4. The van der Waals surface area contributed by atoms with Gasteiger partial charge in [-0.3, -0.25) is 4.79 Å². The quantitative estimate of drug-likeness (QED) is 0.668. The fourth-order valence-corrected chi connectivity index (χ4v) is 1.34. The van der Waals surface area contributed by atoms with Crippen molar-refractivity contribution in [2.45, 2.75) is 65.6 Å².